The van der Waals surface area contributed by atoms with Crippen LogP contribution in [0.15, 0.2) is 18.2 Å². The molecule has 0 radical (unpaired) electrons. The molecule has 1 aliphatic heterocycles. The van der Waals surface area contributed by atoms with Crippen molar-refractivity contribution in [3.63, 3.8) is 0 Å². The van der Waals surface area contributed by atoms with Crippen molar-refractivity contribution in [3.05, 3.63) is 24.0 Å². The largest absolute Gasteiger partial charge is 0.494 e. The third-order valence-corrected chi connectivity index (χ3v) is 3.65. The first-order valence-corrected chi connectivity index (χ1v) is 6.60. The monoisotopic (exact) mass is 264 g/mol. The molecule has 0 spiro atoms. The Bertz CT molecular complexity index is 502. The average molecular weight is 264 g/mol. The number of hydrogen-bond acceptors (Lipinski definition) is 3. The maximum absolute atomic E-state index is 13.2. The lowest BCUT2D eigenvalue weighted by Crippen LogP contribution is -2.39. The second-order valence-corrected chi connectivity index (χ2v) is 5.09. The first-order chi connectivity index (χ1) is 9.19. The van der Waals surface area contributed by atoms with Gasteiger partial charge in [-0.1, -0.05) is 0 Å². The average Bonchev–Trinajstić information content (AvgIpc) is 3.15. The van der Waals surface area contributed by atoms with Crippen molar-refractivity contribution in [2.45, 2.75) is 31.3 Å². The summed E-state index contributed by atoms with van der Waals surface area (Å²) in [5, 5.41) is 3.35. The van der Waals surface area contributed by atoms with Gasteiger partial charge in [0.05, 0.1) is 18.8 Å². The van der Waals surface area contributed by atoms with Gasteiger partial charge in [0.1, 0.15) is 11.6 Å². The Hall–Kier alpha value is -1.62. The van der Waals surface area contributed by atoms with Gasteiger partial charge in [0.25, 0.3) is 0 Å². The van der Waals surface area contributed by atoms with Crippen molar-refractivity contribution in [2.75, 3.05) is 18.6 Å². The highest BCUT2D eigenvalue weighted by molar-refractivity contribution is 6.00. The summed E-state index contributed by atoms with van der Waals surface area (Å²) in [7, 11) is 1.48. The van der Waals surface area contributed by atoms with Gasteiger partial charge < -0.3 is 15.0 Å². The Morgan fingerprint density at radius 3 is 2.84 bits per heavy atom. The zero-order valence-corrected chi connectivity index (χ0v) is 10.9. The number of carbonyl (C=O) groups is 1. The molecule has 1 N–H and O–H groups in total. The van der Waals surface area contributed by atoms with Crippen molar-refractivity contribution in [2.24, 2.45) is 0 Å². The normalized spacial score (nSPS) is 22.9. The predicted molar refractivity (Wildman–Crippen MR) is 69.9 cm³/mol. The van der Waals surface area contributed by atoms with Gasteiger partial charge in [-0.3, -0.25) is 4.79 Å². The van der Waals surface area contributed by atoms with E-state index in [1.165, 1.54) is 19.2 Å². The van der Waals surface area contributed by atoms with Crippen LogP contribution in [0, 0.1) is 5.82 Å². The molecule has 1 aliphatic carbocycles. The molecular weight excluding hydrogens is 247 g/mol. The van der Waals surface area contributed by atoms with Crippen molar-refractivity contribution in [1.29, 1.82) is 0 Å². The molecule has 1 saturated carbocycles. The van der Waals surface area contributed by atoms with E-state index in [0.717, 1.165) is 19.3 Å². The van der Waals surface area contributed by atoms with Crippen LogP contribution in [0.4, 0.5) is 10.1 Å². The summed E-state index contributed by atoms with van der Waals surface area (Å²) in [6.45, 7) is 0.644. The second-order valence-electron chi connectivity index (χ2n) is 5.09. The number of methoxy groups -OCH3 is 1. The Morgan fingerprint density at radius 2 is 2.16 bits per heavy atom. The standard InChI is InChI=1S/C14H17FN2O2/c1-19-13-8-9(15)2-5-12(13)17-7-6-11(14(17)18)16-10-3-4-10/h2,5,8,10-11,16H,3-4,6-7H2,1H3. The van der Waals surface area contributed by atoms with Gasteiger partial charge in [-0.2, -0.15) is 0 Å². The predicted octanol–water partition coefficient (Wildman–Crippen LogP) is 1.69. The fourth-order valence-electron chi connectivity index (χ4n) is 2.48. The van der Waals surface area contributed by atoms with E-state index in [4.69, 9.17) is 4.74 Å². The van der Waals surface area contributed by atoms with Crippen LogP contribution in [0.2, 0.25) is 0 Å². The zero-order valence-electron chi connectivity index (χ0n) is 10.9. The molecule has 1 amide bonds. The second kappa shape index (κ2) is 4.81. The molecule has 1 aromatic carbocycles. The molecule has 3 rings (SSSR count). The summed E-state index contributed by atoms with van der Waals surface area (Å²) >= 11 is 0. The van der Waals surface area contributed by atoms with Crippen molar-refractivity contribution < 1.29 is 13.9 Å². The lowest BCUT2D eigenvalue weighted by atomic mass is 10.2. The van der Waals surface area contributed by atoms with Crippen LogP contribution in [-0.2, 0) is 4.79 Å². The molecule has 5 heteroatoms. The minimum atomic E-state index is -0.361. The third kappa shape index (κ3) is 2.42. The van der Waals surface area contributed by atoms with Crippen LogP contribution in [-0.4, -0.2) is 31.6 Å². The van der Waals surface area contributed by atoms with Crippen LogP contribution < -0.4 is 15.0 Å². The lowest BCUT2D eigenvalue weighted by Gasteiger charge is -2.19. The summed E-state index contributed by atoms with van der Waals surface area (Å²) in [5.74, 6) is 0.0946. The van der Waals surface area contributed by atoms with E-state index in [9.17, 15) is 9.18 Å². The van der Waals surface area contributed by atoms with E-state index in [1.807, 2.05) is 0 Å². The van der Waals surface area contributed by atoms with E-state index in [0.29, 0.717) is 24.0 Å². The van der Waals surface area contributed by atoms with Crippen molar-refractivity contribution in [1.82, 2.24) is 5.32 Å². The maximum Gasteiger partial charge on any atom is 0.244 e. The van der Waals surface area contributed by atoms with Gasteiger partial charge >= 0.3 is 0 Å². The number of anilines is 1. The van der Waals surface area contributed by atoms with Gasteiger partial charge in [-0.25, -0.2) is 4.39 Å². The topological polar surface area (TPSA) is 41.6 Å². The number of hydrogen-bond donors (Lipinski definition) is 1. The summed E-state index contributed by atoms with van der Waals surface area (Å²) in [6.07, 6.45) is 3.10. The number of rotatable bonds is 4. The number of benzene rings is 1. The molecule has 1 aromatic rings. The van der Waals surface area contributed by atoms with Gasteiger partial charge in [0, 0.05) is 18.7 Å². The van der Waals surface area contributed by atoms with E-state index in [-0.39, 0.29) is 17.8 Å². The summed E-state index contributed by atoms with van der Waals surface area (Å²) in [5.41, 5.74) is 0.647. The SMILES string of the molecule is COc1cc(F)ccc1N1CCC(NC2CC2)C1=O. The number of carbonyl (C=O) groups excluding carboxylic acids is 1. The van der Waals surface area contributed by atoms with Gasteiger partial charge in [-0.15, -0.1) is 0 Å². The highest BCUT2D eigenvalue weighted by atomic mass is 19.1. The molecule has 1 heterocycles. The number of amides is 1. The van der Waals surface area contributed by atoms with Crippen molar-refractivity contribution in [3.8, 4) is 5.75 Å². The molecule has 2 aliphatic rings. The molecule has 1 unspecified atom stereocenters. The molecule has 1 saturated heterocycles. The molecule has 102 valence electrons. The minimum Gasteiger partial charge on any atom is -0.494 e. The number of nitrogens with zero attached hydrogens (tertiary/aromatic N) is 1. The number of nitrogens with one attached hydrogen (secondary N) is 1. The first-order valence-electron chi connectivity index (χ1n) is 6.60. The van der Waals surface area contributed by atoms with Crippen LogP contribution >= 0.6 is 0 Å². The van der Waals surface area contributed by atoms with Crippen molar-refractivity contribution >= 4 is 11.6 Å². The van der Waals surface area contributed by atoms with E-state index < -0.39 is 0 Å². The quantitative estimate of drug-likeness (QED) is 0.900. The molecular formula is C14H17FN2O2. The molecule has 0 aromatic heterocycles. The van der Waals surface area contributed by atoms with Crippen LogP contribution in [0.1, 0.15) is 19.3 Å². The van der Waals surface area contributed by atoms with Crippen LogP contribution in [0.5, 0.6) is 5.75 Å². The summed E-state index contributed by atoms with van der Waals surface area (Å²) < 4.78 is 18.3. The highest BCUT2D eigenvalue weighted by Crippen LogP contribution is 2.32. The van der Waals surface area contributed by atoms with E-state index in [2.05, 4.69) is 5.32 Å². The van der Waals surface area contributed by atoms with Crippen LogP contribution in [0.25, 0.3) is 0 Å². The van der Waals surface area contributed by atoms with Crippen LogP contribution in [0.3, 0.4) is 0 Å². The maximum atomic E-state index is 13.2. The van der Waals surface area contributed by atoms with Gasteiger partial charge in [0.15, 0.2) is 0 Å². The fraction of sp³-hybridized carbons (Fsp3) is 0.500. The summed E-state index contributed by atoms with van der Waals surface area (Å²) in [6, 6.07) is 4.66. The number of ether oxygens (including phenoxy) is 1. The van der Waals surface area contributed by atoms with E-state index >= 15 is 0 Å². The smallest absolute Gasteiger partial charge is 0.244 e. The van der Waals surface area contributed by atoms with Gasteiger partial charge in [-0.05, 0) is 31.4 Å². The molecule has 1 atom stereocenters. The Kier molecular flexibility index (Phi) is 3.14. The molecule has 2 fully saturated rings. The Labute approximate surface area is 111 Å². The minimum absolute atomic E-state index is 0.0526. The van der Waals surface area contributed by atoms with E-state index in [1.54, 1.807) is 11.0 Å². The lowest BCUT2D eigenvalue weighted by molar-refractivity contribution is -0.118. The first kappa shape index (κ1) is 12.4. The Balaban J connectivity index is 1.80. The number of halogens is 1. The Morgan fingerprint density at radius 1 is 1.37 bits per heavy atom. The molecule has 0 bridgehead atoms. The molecule has 19 heavy (non-hydrogen) atoms. The third-order valence-electron chi connectivity index (χ3n) is 3.65. The summed E-state index contributed by atoms with van der Waals surface area (Å²) in [4.78, 5) is 14.0. The highest BCUT2D eigenvalue weighted by Gasteiger charge is 2.37. The molecule has 4 nitrogen and oxygen atoms in total. The van der Waals surface area contributed by atoms with Gasteiger partial charge in [0.2, 0.25) is 5.91 Å². The fourth-order valence-corrected chi connectivity index (χ4v) is 2.48. The zero-order chi connectivity index (χ0) is 13.4.